The van der Waals surface area contributed by atoms with Gasteiger partial charge in [0.05, 0.1) is 21.8 Å². The Hall–Kier alpha value is -1.86. The van der Waals surface area contributed by atoms with Gasteiger partial charge in [0.15, 0.2) is 6.29 Å². The van der Waals surface area contributed by atoms with E-state index in [0.29, 0.717) is 6.29 Å². The number of alkyl halides is 3. The Kier molecular flexibility index (Phi) is 4.34. The van der Waals surface area contributed by atoms with E-state index in [1.807, 2.05) is 0 Å². The summed E-state index contributed by atoms with van der Waals surface area (Å²) in [6.07, 6.45) is -2.95. The normalized spacial score (nSPS) is 11.3. The molecule has 110 valence electrons. The van der Waals surface area contributed by atoms with Crippen molar-refractivity contribution >= 4 is 41.0 Å². The molecule has 0 bridgehead atoms. The van der Waals surface area contributed by atoms with Crippen LogP contribution >= 0.6 is 23.2 Å². The van der Waals surface area contributed by atoms with Gasteiger partial charge in [-0.25, -0.2) is 9.97 Å². The van der Waals surface area contributed by atoms with E-state index < -0.39 is 11.7 Å². The average molecular weight is 336 g/mol. The topological polar surface area (TPSA) is 54.9 Å². The number of aromatic nitrogens is 2. The second-order valence-electron chi connectivity index (χ2n) is 3.86. The van der Waals surface area contributed by atoms with Gasteiger partial charge in [-0.2, -0.15) is 13.2 Å². The molecular weight excluding hydrogens is 330 g/mol. The van der Waals surface area contributed by atoms with Gasteiger partial charge in [-0.3, -0.25) is 4.79 Å². The lowest BCUT2D eigenvalue weighted by molar-refractivity contribution is -0.137. The Morgan fingerprint density at radius 1 is 1.19 bits per heavy atom. The minimum atomic E-state index is -4.49. The number of hydrogen-bond acceptors (Lipinski definition) is 4. The zero-order valence-corrected chi connectivity index (χ0v) is 11.6. The Morgan fingerprint density at radius 2 is 1.90 bits per heavy atom. The second-order valence-corrected chi connectivity index (χ2v) is 4.63. The molecule has 0 aliphatic carbocycles. The van der Waals surface area contributed by atoms with Crippen molar-refractivity contribution in [2.45, 2.75) is 6.18 Å². The van der Waals surface area contributed by atoms with Crippen molar-refractivity contribution in [3.05, 3.63) is 45.8 Å². The van der Waals surface area contributed by atoms with Crippen molar-refractivity contribution in [1.29, 1.82) is 0 Å². The van der Waals surface area contributed by atoms with E-state index in [1.54, 1.807) is 0 Å². The number of halogens is 5. The van der Waals surface area contributed by atoms with Crippen LogP contribution in [0.25, 0.3) is 0 Å². The maximum absolute atomic E-state index is 12.5. The molecule has 0 aliphatic heterocycles. The van der Waals surface area contributed by atoms with E-state index in [1.165, 1.54) is 0 Å². The van der Waals surface area contributed by atoms with Crippen LogP contribution in [0.4, 0.5) is 24.7 Å². The summed E-state index contributed by atoms with van der Waals surface area (Å²) in [4.78, 5) is 18.3. The summed E-state index contributed by atoms with van der Waals surface area (Å²) >= 11 is 11.5. The van der Waals surface area contributed by atoms with Crippen molar-refractivity contribution in [3.63, 3.8) is 0 Å². The molecule has 0 saturated carbocycles. The molecule has 0 radical (unpaired) electrons. The summed E-state index contributed by atoms with van der Waals surface area (Å²) in [5.41, 5.74) is -0.743. The van der Waals surface area contributed by atoms with Gasteiger partial charge in [-0.05, 0) is 18.2 Å². The summed E-state index contributed by atoms with van der Waals surface area (Å²) in [7, 11) is 0. The van der Waals surface area contributed by atoms with Crippen LogP contribution < -0.4 is 5.32 Å². The summed E-state index contributed by atoms with van der Waals surface area (Å²) in [5.74, 6) is 0.0478. The number of carbonyl (C=O) groups is 1. The lowest BCUT2D eigenvalue weighted by atomic mass is 10.2. The Labute approximate surface area is 126 Å². The van der Waals surface area contributed by atoms with E-state index in [4.69, 9.17) is 23.2 Å². The molecule has 2 rings (SSSR count). The molecule has 0 aliphatic rings. The lowest BCUT2D eigenvalue weighted by Gasteiger charge is -2.12. The highest BCUT2D eigenvalue weighted by molar-refractivity contribution is 6.34. The van der Waals surface area contributed by atoms with Gasteiger partial charge in [0, 0.05) is 0 Å². The van der Waals surface area contributed by atoms with E-state index >= 15 is 0 Å². The summed E-state index contributed by atoms with van der Waals surface area (Å²) in [5, 5.41) is 2.40. The molecule has 21 heavy (non-hydrogen) atoms. The molecule has 1 heterocycles. The zero-order chi connectivity index (χ0) is 15.6. The first-order chi connectivity index (χ1) is 9.82. The number of hydrogen-bond donors (Lipinski definition) is 1. The largest absolute Gasteiger partial charge is 0.416 e. The molecule has 9 heteroatoms. The molecular formula is C12H6Cl2F3N3O. The average Bonchev–Trinajstić information content (AvgIpc) is 2.40. The first-order valence-electron chi connectivity index (χ1n) is 5.42. The highest BCUT2D eigenvalue weighted by atomic mass is 35.5. The first-order valence-corrected chi connectivity index (χ1v) is 6.18. The highest BCUT2D eigenvalue weighted by Crippen LogP contribution is 2.35. The maximum Gasteiger partial charge on any atom is 0.416 e. The highest BCUT2D eigenvalue weighted by Gasteiger charge is 2.30. The molecule has 1 aromatic carbocycles. The smallest absolute Gasteiger partial charge is 0.338 e. The van der Waals surface area contributed by atoms with Crippen LogP contribution in [-0.4, -0.2) is 16.3 Å². The third-order valence-electron chi connectivity index (χ3n) is 2.50. The number of carbonyl (C=O) groups excluding carboxylic acids is 1. The Balaban J connectivity index is 2.37. The predicted octanol–water partition coefficient (Wildman–Crippen LogP) is 4.36. The fourth-order valence-corrected chi connectivity index (χ4v) is 1.90. The summed E-state index contributed by atoms with van der Waals surface area (Å²) in [6, 6.07) is 2.76. The van der Waals surface area contributed by atoms with Crippen molar-refractivity contribution in [2.75, 3.05) is 5.32 Å². The molecule has 0 spiro atoms. The molecule has 1 aromatic heterocycles. The minimum absolute atomic E-state index is 0.0184. The number of nitrogens with zero attached hydrogens (tertiary/aromatic N) is 2. The van der Waals surface area contributed by atoms with Crippen LogP contribution in [0.2, 0.25) is 10.2 Å². The molecule has 0 amide bonds. The molecule has 0 unspecified atom stereocenters. The van der Waals surface area contributed by atoms with Crippen LogP contribution in [0.15, 0.2) is 24.5 Å². The number of benzene rings is 1. The minimum Gasteiger partial charge on any atom is -0.338 e. The SMILES string of the molecule is O=Cc1c(Cl)ncnc1Nc1ccc(C(F)(F)F)cc1Cl. The monoisotopic (exact) mass is 335 g/mol. The van der Waals surface area contributed by atoms with Crippen LogP contribution in [-0.2, 0) is 6.18 Å². The van der Waals surface area contributed by atoms with Crippen molar-refractivity contribution in [2.24, 2.45) is 0 Å². The number of anilines is 2. The molecule has 1 N–H and O–H groups in total. The third kappa shape index (κ3) is 3.43. The van der Waals surface area contributed by atoms with Gasteiger partial charge in [0.25, 0.3) is 0 Å². The fourth-order valence-electron chi connectivity index (χ4n) is 1.50. The number of aldehydes is 1. The van der Waals surface area contributed by atoms with Crippen molar-refractivity contribution in [1.82, 2.24) is 9.97 Å². The zero-order valence-electron chi connectivity index (χ0n) is 10.1. The summed E-state index contributed by atoms with van der Waals surface area (Å²) < 4.78 is 37.6. The van der Waals surface area contributed by atoms with Crippen LogP contribution in [0.1, 0.15) is 15.9 Å². The molecule has 2 aromatic rings. The quantitative estimate of drug-likeness (QED) is 0.668. The van der Waals surface area contributed by atoms with E-state index in [2.05, 4.69) is 15.3 Å². The number of nitrogens with one attached hydrogen (secondary N) is 1. The van der Waals surface area contributed by atoms with Gasteiger partial charge in [-0.1, -0.05) is 23.2 Å². The second kappa shape index (κ2) is 5.87. The maximum atomic E-state index is 12.5. The first kappa shape index (κ1) is 15.5. The molecule has 0 saturated heterocycles. The number of rotatable bonds is 3. The van der Waals surface area contributed by atoms with Gasteiger partial charge in [0.2, 0.25) is 0 Å². The standard InChI is InChI=1S/C12H6Cl2F3N3O/c13-8-3-6(12(15,16)17)1-2-9(8)20-11-7(4-21)10(14)18-5-19-11/h1-5H,(H,18,19,20). The van der Waals surface area contributed by atoms with Crippen molar-refractivity contribution < 1.29 is 18.0 Å². The van der Waals surface area contributed by atoms with E-state index in [0.717, 1.165) is 24.5 Å². The van der Waals surface area contributed by atoms with Crippen LogP contribution in [0, 0.1) is 0 Å². The molecule has 0 atom stereocenters. The molecule has 4 nitrogen and oxygen atoms in total. The predicted molar refractivity (Wildman–Crippen MR) is 72.2 cm³/mol. The van der Waals surface area contributed by atoms with Crippen molar-refractivity contribution in [3.8, 4) is 0 Å². The van der Waals surface area contributed by atoms with Gasteiger partial charge < -0.3 is 5.32 Å². The third-order valence-corrected chi connectivity index (χ3v) is 3.12. The fraction of sp³-hybridized carbons (Fsp3) is 0.0833. The summed E-state index contributed by atoms with van der Waals surface area (Å²) in [6.45, 7) is 0. The Bertz CT molecular complexity index is 692. The van der Waals surface area contributed by atoms with E-state index in [9.17, 15) is 18.0 Å². The van der Waals surface area contributed by atoms with Gasteiger partial charge in [-0.15, -0.1) is 0 Å². The van der Waals surface area contributed by atoms with Gasteiger partial charge in [0.1, 0.15) is 17.3 Å². The van der Waals surface area contributed by atoms with E-state index in [-0.39, 0.29) is 27.2 Å². The van der Waals surface area contributed by atoms with Gasteiger partial charge >= 0.3 is 6.18 Å². The Morgan fingerprint density at radius 3 is 2.48 bits per heavy atom. The molecule has 0 fully saturated rings. The van der Waals surface area contributed by atoms with Crippen LogP contribution in [0.5, 0.6) is 0 Å². The lowest BCUT2D eigenvalue weighted by Crippen LogP contribution is -2.06. The van der Waals surface area contributed by atoms with Crippen LogP contribution in [0.3, 0.4) is 0 Å².